The van der Waals surface area contributed by atoms with Gasteiger partial charge in [0.1, 0.15) is 5.75 Å². The van der Waals surface area contributed by atoms with Crippen molar-refractivity contribution in [3.05, 3.63) is 60.2 Å². The molecule has 108 valence electrons. The summed E-state index contributed by atoms with van der Waals surface area (Å²) in [6.07, 6.45) is 0.798. The second-order valence-electron chi connectivity index (χ2n) is 4.74. The lowest BCUT2D eigenvalue weighted by Gasteiger charge is -2.10. The van der Waals surface area contributed by atoms with Crippen molar-refractivity contribution < 1.29 is 5.11 Å². The van der Waals surface area contributed by atoms with E-state index < -0.39 is 0 Å². The summed E-state index contributed by atoms with van der Waals surface area (Å²) in [5, 5.41) is 12.8. The Labute approximate surface area is 130 Å². The zero-order chi connectivity index (χ0) is 15.4. The first kappa shape index (κ1) is 15.1. The Morgan fingerprint density at radius 2 is 1.81 bits per heavy atom. The molecule has 2 rings (SSSR count). The second-order valence-corrected chi connectivity index (χ2v) is 5.18. The van der Waals surface area contributed by atoms with Crippen LogP contribution in [0.4, 0.5) is 0 Å². The minimum Gasteiger partial charge on any atom is -0.508 e. The third-order valence-corrected chi connectivity index (χ3v) is 3.40. The summed E-state index contributed by atoms with van der Waals surface area (Å²) in [5.41, 5.74) is 10.1. The molecule has 0 aromatic heterocycles. The first-order chi connectivity index (χ1) is 10.0. The lowest BCUT2D eigenvalue weighted by molar-refractivity contribution is 0.469. The highest BCUT2D eigenvalue weighted by atomic mass is 32.1. The number of hydrogen-bond acceptors (Lipinski definition) is 2. The fourth-order valence-corrected chi connectivity index (χ4v) is 2.26. The molecule has 3 nitrogen and oxygen atoms in total. The molecule has 0 atom stereocenters. The summed E-state index contributed by atoms with van der Waals surface area (Å²) in [4.78, 5) is 0. The first-order valence-corrected chi connectivity index (χ1v) is 7.10. The number of phenolic OH excluding ortho intramolecular Hbond substituents is 1. The van der Waals surface area contributed by atoms with Crippen LogP contribution in [0.3, 0.4) is 0 Å². The monoisotopic (exact) mass is 298 g/mol. The van der Waals surface area contributed by atoms with Crippen molar-refractivity contribution in [1.29, 1.82) is 0 Å². The summed E-state index contributed by atoms with van der Waals surface area (Å²) in [5.74, 6) is 0.340. The van der Waals surface area contributed by atoms with Crippen LogP contribution in [0.2, 0.25) is 0 Å². The van der Waals surface area contributed by atoms with E-state index in [0.717, 1.165) is 28.7 Å². The van der Waals surface area contributed by atoms with Crippen LogP contribution in [0.15, 0.2) is 49.0 Å². The highest BCUT2D eigenvalue weighted by molar-refractivity contribution is 7.80. The standard InChI is InChI=1S/C17H18N2OS/c1-3-12-10-15(8-9-16(12)20)14-6-4-13(5-7-14)11(2)19-17(18)21/h4-10,20H,2-3H2,1H3,(H3,18,19,21). The van der Waals surface area contributed by atoms with Gasteiger partial charge in [-0.25, -0.2) is 0 Å². The summed E-state index contributed by atoms with van der Waals surface area (Å²) in [6.45, 7) is 5.92. The fraction of sp³-hybridized carbons (Fsp3) is 0.118. The maximum absolute atomic E-state index is 9.74. The Morgan fingerprint density at radius 1 is 1.19 bits per heavy atom. The van der Waals surface area contributed by atoms with E-state index in [0.29, 0.717) is 11.4 Å². The number of thiocarbonyl (C=S) groups is 1. The molecular formula is C17H18N2OS. The Bertz CT molecular complexity index is 678. The lowest BCUT2D eigenvalue weighted by atomic mass is 10.00. The number of hydrogen-bond donors (Lipinski definition) is 3. The van der Waals surface area contributed by atoms with Crippen molar-refractivity contribution in [2.24, 2.45) is 5.73 Å². The molecule has 4 N–H and O–H groups in total. The molecule has 4 heteroatoms. The highest BCUT2D eigenvalue weighted by Gasteiger charge is 2.04. The van der Waals surface area contributed by atoms with Gasteiger partial charge in [-0.1, -0.05) is 43.8 Å². The largest absolute Gasteiger partial charge is 0.508 e. The van der Waals surface area contributed by atoms with Gasteiger partial charge in [0.2, 0.25) is 0 Å². The quantitative estimate of drug-likeness (QED) is 0.757. The van der Waals surface area contributed by atoms with E-state index in [1.165, 1.54) is 0 Å². The van der Waals surface area contributed by atoms with Crippen molar-refractivity contribution in [1.82, 2.24) is 5.32 Å². The summed E-state index contributed by atoms with van der Waals surface area (Å²) >= 11 is 4.80. The van der Waals surface area contributed by atoms with E-state index in [4.69, 9.17) is 18.0 Å². The summed E-state index contributed by atoms with van der Waals surface area (Å²) in [7, 11) is 0. The molecule has 0 aliphatic heterocycles. The second kappa shape index (κ2) is 6.41. The molecule has 0 amide bonds. The van der Waals surface area contributed by atoms with E-state index in [-0.39, 0.29) is 5.11 Å². The molecule has 0 aliphatic carbocycles. The Kier molecular flexibility index (Phi) is 4.60. The first-order valence-electron chi connectivity index (χ1n) is 6.69. The van der Waals surface area contributed by atoms with Crippen LogP contribution in [0.25, 0.3) is 16.8 Å². The molecule has 21 heavy (non-hydrogen) atoms. The van der Waals surface area contributed by atoms with Crippen molar-refractivity contribution in [2.45, 2.75) is 13.3 Å². The summed E-state index contributed by atoms with van der Waals surface area (Å²) in [6, 6.07) is 13.6. The van der Waals surface area contributed by atoms with Gasteiger partial charge in [0.25, 0.3) is 0 Å². The normalized spacial score (nSPS) is 10.1. The minimum absolute atomic E-state index is 0.204. The molecule has 0 saturated carbocycles. The molecule has 0 heterocycles. The molecule has 0 saturated heterocycles. The Hall–Kier alpha value is -2.33. The molecule has 0 fully saturated rings. The van der Waals surface area contributed by atoms with Crippen LogP contribution in [0.1, 0.15) is 18.1 Å². The molecule has 2 aromatic rings. The number of phenols is 1. The Balaban J connectivity index is 2.26. The molecule has 2 aromatic carbocycles. The maximum atomic E-state index is 9.74. The highest BCUT2D eigenvalue weighted by Crippen LogP contribution is 2.27. The van der Waals surface area contributed by atoms with Crippen molar-refractivity contribution in [2.75, 3.05) is 0 Å². The van der Waals surface area contributed by atoms with Gasteiger partial charge in [-0.05, 0) is 53.0 Å². The fourth-order valence-electron chi connectivity index (χ4n) is 2.13. The van der Waals surface area contributed by atoms with E-state index in [1.54, 1.807) is 6.07 Å². The number of rotatable bonds is 4. The zero-order valence-corrected chi connectivity index (χ0v) is 12.7. The number of aromatic hydroxyl groups is 1. The molecular weight excluding hydrogens is 280 g/mol. The number of nitrogens with two attached hydrogens (primary N) is 1. The average Bonchev–Trinajstić information content (AvgIpc) is 2.47. The topological polar surface area (TPSA) is 58.3 Å². The average molecular weight is 298 g/mol. The zero-order valence-electron chi connectivity index (χ0n) is 11.9. The van der Waals surface area contributed by atoms with Gasteiger partial charge >= 0.3 is 0 Å². The number of benzene rings is 2. The van der Waals surface area contributed by atoms with Crippen molar-refractivity contribution in [3.63, 3.8) is 0 Å². The number of nitrogens with one attached hydrogen (secondary N) is 1. The van der Waals surface area contributed by atoms with E-state index >= 15 is 0 Å². The van der Waals surface area contributed by atoms with E-state index in [1.807, 2.05) is 43.3 Å². The molecule has 0 bridgehead atoms. The summed E-state index contributed by atoms with van der Waals surface area (Å²) < 4.78 is 0. The van der Waals surface area contributed by atoms with E-state index in [9.17, 15) is 5.11 Å². The third-order valence-electron chi connectivity index (χ3n) is 3.30. The molecule has 0 radical (unpaired) electrons. The molecule has 0 unspecified atom stereocenters. The van der Waals surface area contributed by atoms with Crippen molar-refractivity contribution >= 4 is 23.0 Å². The molecule has 0 aliphatic rings. The predicted octanol–water partition coefficient (Wildman–Crippen LogP) is 3.43. The van der Waals surface area contributed by atoms with Gasteiger partial charge < -0.3 is 16.2 Å². The van der Waals surface area contributed by atoms with Gasteiger partial charge in [-0.15, -0.1) is 0 Å². The van der Waals surface area contributed by atoms with Crippen LogP contribution in [0, 0.1) is 0 Å². The third kappa shape index (κ3) is 3.61. The number of aryl methyl sites for hydroxylation is 1. The Morgan fingerprint density at radius 3 is 2.38 bits per heavy atom. The van der Waals surface area contributed by atoms with E-state index in [2.05, 4.69) is 11.9 Å². The maximum Gasteiger partial charge on any atom is 0.168 e. The minimum atomic E-state index is 0.204. The van der Waals surface area contributed by atoms with Gasteiger partial charge in [-0.3, -0.25) is 0 Å². The van der Waals surface area contributed by atoms with Gasteiger partial charge in [0.15, 0.2) is 5.11 Å². The predicted molar refractivity (Wildman–Crippen MR) is 91.9 cm³/mol. The van der Waals surface area contributed by atoms with Gasteiger partial charge in [-0.2, -0.15) is 0 Å². The molecule has 0 spiro atoms. The SMILES string of the molecule is C=C(NC(N)=S)c1ccc(-c2ccc(O)c(CC)c2)cc1. The van der Waals surface area contributed by atoms with Gasteiger partial charge in [0.05, 0.1) is 0 Å². The van der Waals surface area contributed by atoms with Crippen LogP contribution < -0.4 is 11.1 Å². The van der Waals surface area contributed by atoms with Crippen LogP contribution in [-0.4, -0.2) is 10.2 Å². The van der Waals surface area contributed by atoms with Crippen LogP contribution >= 0.6 is 12.2 Å². The van der Waals surface area contributed by atoms with Crippen LogP contribution in [-0.2, 0) is 6.42 Å². The van der Waals surface area contributed by atoms with Crippen molar-refractivity contribution in [3.8, 4) is 16.9 Å². The smallest absolute Gasteiger partial charge is 0.168 e. The van der Waals surface area contributed by atoms with Crippen LogP contribution in [0.5, 0.6) is 5.75 Å². The van der Waals surface area contributed by atoms with Gasteiger partial charge in [0, 0.05) is 5.70 Å². The lowest BCUT2D eigenvalue weighted by Crippen LogP contribution is -2.27.